The maximum Gasteiger partial charge on any atom is 0.266 e. The second-order valence-electron chi connectivity index (χ2n) is 6.65. The predicted octanol–water partition coefficient (Wildman–Crippen LogP) is 5.17. The number of fused-ring (bicyclic) bond motifs is 1. The van der Waals surface area contributed by atoms with Crippen molar-refractivity contribution >= 4 is 45.6 Å². The molecule has 28 heavy (non-hydrogen) atoms. The molecule has 2 aromatic heterocycles. The lowest BCUT2D eigenvalue weighted by molar-refractivity contribution is 0.933. The third-order valence-corrected chi connectivity index (χ3v) is 5.21. The topological polar surface area (TPSA) is 47.8 Å². The molecule has 0 radical (unpaired) electrons. The summed E-state index contributed by atoms with van der Waals surface area (Å²) in [6.45, 7) is 4.06. The zero-order chi connectivity index (χ0) is 19.7. The molecule has 0 saturated heterocycles. The van der Waals surface area contributed by atoms with Gasteiger partial charge in [-0.1, -0.05) is 23.8 Å². The van der Waals surface area contributed by atoms with E-state index in [0.717, 1.165) is 26.1 Å². The third-order valence-electron chi connectivity index (χ3n) is 4.54. The van der Waals surface area contributed by atoms with E-state index in [-0.39, 0.29) is 5.56 Å². The number of aromatic nitrogens is 3. The fraction of sp³-hybridized carbons (Fsp3) is 0.0870. The molecule has 0 unspecified atom stereocenters. The molecule has 0 saturated carbocycles. The van der Waals surface area contributed by atoms with Crippen LogP contribution in [0.3, 0.4) is 0 Å². The van der Waals surface area contributed by atoms with Gasteiger partial charge in [-0.05, 0) is 90.6 Å². The van der Waals surface area contributed by atoms with Gasteiger partial charge in [0.1, 0.15) is 5.82 Å². The van der Waals surface area contributed by atoms with Crippen molar-refractivity contribution in [1.82, 2.24) is 14.5 Å². The van der Waals surface area contributed by atoms with Crippen LogP contribution < -0.4 is 5.56 Å². The molecule has 2 aromatic carbocycles. The summed E-state index contributed by atoms with van der Waals surface area (Å²) >= 11 is 2.22. The van der Waals surface area contributed by atoms with Crippen LogP contribution in [0.1, 0.15) is 22.6 Å². The number of benzene rings is 2. The SMILES string of the molecule is Cc1ccc(-n2c(C=Cc3ccccn3)nc3ccc(I)cc3c2=O)c(C)c1. The number of pyridine rings is 1. The fourth-order valence-electron chi connectivity index (χ4n) is 3.21. The average Bonchev–Trinajstić information content (AvgIpc) is 2.69. The lowest BCUT2D eigenvalue weighted by Gasteiger charge is -2.14. The van der Waals surface area contributed by atoms with E-state index in [1.807, 2.05) is 74.5 Å². The fourth-order valence-corrected chi connectivity index (χ4v) is 3.70. The third kappa shape index (κ3) is 3.62. The van der Waals surface area contributed by atoms with E-state index in [1.165, 1.54) is 0 Å². The summed E-state index contributed by atoms with van der Waals surface area (Å²) in [7, 11) is 0. The molecule has 0 fully saturated rings. The molecule has 0 atom stereocenters. The van der Waals surface area contributed by atoms with Crippen LogP contribution in [0.5, 0.6) is 0 Å². The molecule has 0 aliphatic heterocycles. The van der Waals surface area contributed by atoms with Gasteiger partial charge < -0.3 is 0 Å². The zero-order valence-electron chi connectivity index (χ0n) is 15.6. The number of hydrogen-bond acceptors (Lipinski definition) is 3. The summed E-state index contributed by atoms with van der Waals surface area (Å²) < 4.78 is 2.69. The number of rotatable bonds is 3. The molecule has 4 nitrogen and oxygen atoms in total. The lowest BCUT2D eigenvalue weighted by Crippen LogP contribution is -2.23. The molecule has 0 amide bonds. The van der Waals surface area contributed by atoms with Crippen molar-refractivity contribution in [3.05, 3.63) is 97.4 Å². The van der Waals surface area contributed by atoms with E-state index in [2.05, 4.69) is 33.6 Å². The number of hydrogen-bond donors (Lipinski definition) is 0. The standard InChI is InChI=1S/C23H18IN3O/c1-15-6-10-21(16(2)13-15)27-22(11-8-18-5-3-4-12-25-18)26-20-9-7-17(24)14-19(20)23(27)28/h3-14H,1-2H3. The average molecular weight is 479 g/mol. The Balaban J connectivity index is 2.00. The van der Waals surface area contributed by atoms with E-state index in [1.54, 1.807) is 10.8 Å². The molecule has 5 heteroatoms. The predicted molar refractivity (Wildman–Crippen MR) is 123 cm³/mol. The van der Waals surface area contributed by atoms with Gasteiger partial charge in [0.2, 0.25) is 0 Å². The normalized spacial score (nSPS) is 11.4. The molecule has 4 aromatic rings. The molecule has 0 N–H and O–H groups in total. The first-order valence-corrected chi connectivity index (χ1v) is 10.00. The van der Waals surface area contributed by atoms with E-state index in [4.69, 9.17) is 4.98 Å². The minimum Gasteiger partial charge on any atom is -0.268 e. The van der Waals surface area contributed by atoms with Crippen molar-refractivity contribution in [1.29, 1.82) is 0 Å². The summed E-state index contributed by atoms with van der Waals surface area (Å²) in [4.78, 5) is 22.5. The summed E-state index contributed by atoms with van der Waals surface area (Å²) in [6, 6.07) is 17.5. The summed E-state index contributed by atoms with van der Waals surface area (Å²) in [6.07, 6.45) is 5.47. The Hall–Kier alpha value is -2.80. The molecule has 2 heterocycles. The molecular formula is C23H18IN3O. The van der Waals surface area contributed by atoms with Crippen molar-refractivity contribution in [2.75, 3.05) is 0 Å². The Morgan fingerprint density at radius 2 is 1.86 bits per heavy atom. The van der Waals surface area contributed by atoms with Gasteiger partial charge in [0.05, 0.1) is 22.3 Å². The lowest BCUT2D eigenvalue weighted by atomic mass is 10.1. The summed E-state index contributed by atoms with van der Waals surface area (Å²) in [5.41, 5.74) is 4.45. The van der Waals surface area contributed by atoms with Crippen LogP contribution in [0.25, 0.3) is 28.7 Å². The quantitative estimate of drug-likeness (QED) is 0.381. The van der Waals surface area contributed by atoms with Crippen molar-refractivity contribution in [3.8, 4) is 5.69 Å². The Morgan fingerprint density at radius 1 is 1.00 bits per heavy atom. The van der Waals surface area contributed by atoms with E-state index in [9.17, 15) is 4.79 Å². The van der Waals surface area contributed by atoms with Crippen LogP contribution in [0.15, 0.2) is 65.6 Å². The molecule has 138 valence electrons. The van der Waals surface area contributed by atoms with Gasteiger partial charge in [-0.15, -0.1) is 0 Å². The first-order chi connectivity index (χ1) is 13.5. The van der Waals surface area contributed by atoms with Gasteiger partial charge in [0, 0.05) is 9.77 Å². The van der Waals surface area contributed by atoms with E-state index < -0.39 is 0 Å². The summed E-state index contributed by atoms with van der Waals surface area (Å²) in [5, 5.41) is 0.613. The monoisotopic (exact) mass is 479 g/mol. The highest BCUT2D eigenvalue weighted by atomic mass is 127. The van der Waals surface area contributed by atoms with Crippen molar-refractivity contribution in [2.45, 2.75) is 13.8 Å². The van der Waals surface area contributed by atoms with Crippen molar-refractivity contribution in [2.24, 2.45) is 0 Å². The Kier molecular flexibility index (Phi) is 5.09. The zero-order valence-corrected chi connectivity index (χ0v) is 17.7. The van der Waals surface area contributed by atoms with Gasteiger partial charge in [-0.25, -0.2) is 4.98 Å². The second-order valence-corrected chi connectivity index (χ2v) is 7.90. The molecule has 0 spiro atoms. The maximum absolute atomic E-state index is 13.4. The molecular weight excluding hydrogens is 461 g/mol. The van der Waals surface area contributed by atoms with E-state index >= 15 is 0 Å². The van der Waals surface area contributed by atoms with Gasteiger partial charge in [0.15, 0.2) is 0 Å². The minimum absolute atomic E-state index is 0.0730. The van der Waals surface area contributed by atoms with Crippen LogP contribution in [0.2, 0.25) is 0 Å². The van der Waals surface area contributed by atoms with Crippen LogP contribution in [0, 0.1) is 17.4 Å². The number of nitrogens with zero attached hydrogens (tertiary/aromatic N) is 3. The molecule has 4 rings (SSSR count). The van der Waals surface area contributed by atoms with Gasteiger partial charge in [-0.3, -0.25) is 14.3 Å². The Morgan fingerprint density at radius 3 is 2.61 bits per heavy atom. The first kappa shape index (κ1) is 18.6. The van der Waals surface area contributed by atoms with Crippen LogP contribution in [-0.2, 0) is 0 Å². The van der Waals surface area contributed by atoms with Crippen molar-refractivity contribution in [3.63, 3.8) is 0 Å². The summed E-state index contributed by atoms with van der Waals surface area (Å²) in [5.74, 6) is 0.580. The minimum atomic E-state index is -0.0730. The number of halogens is 1. The highest BCUT2D eigenvalue weighted by molar-refractivity contribution is 14.1. The van der Waals surface area contributed by atoms with Gasteiger partial charge in [-0.2, -0.15) is 0 Å². The second kappa shape index (κ2) is 7.67. The molecule has 0 bridgehead atoms. The molecule has 0 aliphatic rings. The van der Waals surface area contributed by atoms with Gasteiger partial charge in [0.25, 0.3) is 5.56 Å². The van der Waals surface area contributed by atoms with Crippen LogP contribution in [-0.4, -0.2) is 14.5 Å². The molecule has 0 aliphatic carbocycles. The van der Waals surface area contributed by atoms with E-state index in [0.29, 0.717) is 16.7 Å². The largest absolute Gasteiger partial charge is 0.268 e. The smallest absolute Gasteiger partial charge is 0.266 e. The highest BCUT2D eigenvalue weighted by Crippen LogP contribution is 2.20. The van der Waals surface area contributed by atoms with Crippen molar-refractivity contribution < 1.29 is 0 Å². The maximum atomic E-state index is 13.4. The Labute approximate surface area is 176 Å². The van der Waals surface area contributed by atoms with Crippen LogP contribution >= 0.6 is 22.6 Å². The Bertz CT molecular complexity index is 1260. The van der Waals surface area contributed by atoms with Gasteiger partial charge >= 0.3 is 0 Å². The van der Waals surface area contributed by atoms with Crippen LogP contribution in [0.4, 0.5) is 0 Å². The highest BCUT2D eigenvalue weighted by Gasteiger charge is 2.13. The number of aryl methyl sites for hydroxylation is 2. The first-order valence-electron chi connectivity index (χ1n) is 8.92.